The normalized spacial score (nSPS) is 10.2. The van der Waals surface area contributed by atoms with Crippen molar-refractivity contribution in [1.82, 2.24) is 9.78 Å². The van der Waals surface area contributed by atoms with Crippen LogP contribution in [0.5, 0.6) is 5.75 Å². The lowest BCUT2D eigenvalue weighted by atomic mass is 10.1. The molecule has 2 aromatic carbocycles. The van der Waals surface area contributed by atoms with E-state index in [1.54, 1.807) is 30.0 Å². The van der Waals surface area contributed by atoms with Crippen molar-refractivity contribution in [2.24, 2.45) is 0 Å². The Hall–Kier alpha value is -3.13. The Labute approximate surface area is 127 Å². The van der Waals surface area contributed by atoms with E-state index < -0.39 is 0 Å². The molecule has 0 bridgehead atoms. The number of rotatable bonds is 3. The predicted octanol–water partition coefficient (Wildman–Crippen LogP) is 3.56. The van der Waals surface area contributed by atoms with Crippen LogP contribution < -0.4 is 4.74 Å². The Balaban J connectivity index is 2.16. The Kier molecular flexibility index (Phi) is 3.58. The second kappa shape index (κ2) is 5.70. The Morgan fingerprint density at radius 1 is 1.14 bits per heavy atom. The number of nitriles is 1. The number of hydrogen-bond donors (Lipinski definition) is 0. The van der Waals surface area contributed by atoms with E-state index in [2.05, 4.69) is 5.10 Å². The third-order valence-corrected chi connectivity index (χ3v) is 3.26. The SMILES string of the molecule is COc1cccc(-n2nc(C#N)cc2-c2ccc(F)cc2)c1. The van der Waals surface area contributed by atoms with Gasteiger partial charge in [0.15, 0.2) is 5.69 Å². The molecule has 0 fully saturated rings. The molecule has 0 saturated heterocycles. The van der Waals surface area contributed by atoms with Crippen LogP contribution in [0.25, 0.3) is 16.9 Å². The number of halogens is 1. The van der Waals surface area contributed by atoms with Gasteiger partial charge in [0, 0.05) is 17.7 Å². The van der Waals surface area contributed by atoms with Gasteiger partial charge in [-0.25, -0.2) is 9.07 Å². The van der Waals surface area contributed by atoms with Crippen LogP contribution >= 0.6 is 0 Å². The molecular formula is C17H12FN3O. The Morgan fingerprint density at radius 3 is 2.59 bits per heavy atom. The van der Waals surface area contributed by atoms with Gasteiger partial charge >= 0.3 is 0 Å². The molecule has 0 aliphatic rings. The average molecular weight is 293 g/mol. The molecule has 5 heteroatoms. The van der Waals surface area contributed by atoms with Crippen LogP contribution in [0.2, 0.25) is 0 Å². The number of ether oxygens (including phenoxy) is 1. The standard InChI is InChI=1S/C17H12FN3O/c1-22-16-4-2-3-15(10-16)21-17(9-14(11-19)20-21)12-5-7-13(18)8-6-12/h2-10H,1H3. The molecule has 0 radical (unpaired) electrons. The minimum Gasteiger partial charge on any atom is -0.497 e. The highest BCUT2D eigenvalue weighted by molar-refractivity contribution is 5.63. The molecular weight excluding hydrogens is 281 g/mol. The first-order chi connectivity index (χ1) is 10.7. The summed E-state index contributed by atoms with van der Waals surface area (Å²) in [4.78, 5) is 0. The number of aromatic nitrogens is 2. The first-order valence-corrected chi connectivity index (χ1v) is 6.62. The lowest BCUT2D eigenvalue weighted by molar-refractivity contribution is 0.414. The van der Waals surface area contributed by atoms with Crippen LogP contribution in [0, 0.1) is 17.1 Å². The second-order valence-corrected chi connectivity index (χ2v) is 4.65. The van der Waals surface area contributed by atoms with Gasteiger partial charge in [-0.1, -0.05) is 6.07 Å². The molecule has 1 aromatic heterocycles. The molecule has 1 heterocycles. The summed E-state index contributed by atoms with van der Waals surface area (Å²) in [5, 5.41) is 13.4. The minimum atomic E-state index is -0.309. The largest absolute Gasteiger partial charge is 0.497 e. The fourth-order valence-electron chi connectivity index (χ4n) is 2.20. The maximum atomic E-state index is 13.1. The van der Waals surface area contributed by atoms with Gasteiger partial charge < -0.3 is 4.74 Å². The van der Waals surface area contributed by atoms with Crippen LogP contribution in [0.15, 0.2) is 54.6 Å². The molecule has 3 rings (SSSR count). The molecule has 0 aliphatic carbocycles. The van der Waals surface area contributed by atoms with E-state index in [4.69, 9.17) is 10.00 Å². The van der Waals surface area contributed by atoms with Crippen molar-refractivity contribution >= 4 is 0 Å². The zero-order valence-corrected chi connectivity index (χ0v) is 11.8. The number of hydrogen-bond acceptors (Lipinski definition) is 3. The summed E-state index contributed by atoms with van der Waals surface area (Å²) in [6.45, 7) is 0. The summed E-state index contributed by atoms with van der Waals surface area (Å²) in [6.07, 6.45) is 0. The summed E-state index contributed by atoms with van der Waals surface area (Å²) < 4.78 is 20.0. The first kappa shape index (κ1) is 13.8. The lowest BCUT2D eigenvalue weighted by Crippen LogP contribution is -2.00. The average Bonchev–Trinajstić information content (AvgIpc) is 3.00. The van der Waals surface area contributed by atoms with E-state index in [1.165, 1.54) is 12.1 Å². The van der Waals surface area contributed by atoms with E-state index in [1.807, 2.05) is 30.3 Å². The van der Waals surface area contributed by atoms with Crippen molar-refractivity contribution in [3.8, 4) is 28.8 Å². The zero-order chi connectivity index (χ0) is 15.5. The van der Waals surface area contributed by atoms with Crippen molar-refractivity contribution in [1.29, 1.82) is 5.26 Å². The predicted molar refractivity (Wildman–Crippen MR) is 80.2 cm³/mol. The van der Waals surface area contributed by atoms with Crippen molar-refractivity contribution in [3.63, 3.8) is 0 Å². The molecule has 0 spiro atoms. The van der Waals surface area contributed by atoms with Gasteiger partial charge in [-0.05, 0) is 36.4 Å². The molecule has 0 amide bonds. The van der Waals surface area contributed by atoms with Gasteiger partial charge in [0.05, 0.1) is 18.5 Å². The number of benzene rings is 2. The highest BCUT2D eigenvalue weighted by atomic mass is 19.1. The van der Waals surface area contributed by atoms with Gasteiger partial charge in [0.2, 0.25) is 0 Å². The molecule has 0 atom stereocenters. The fraction of sp³-hybridized carbons (Fsp3) is 0.0588. The summed E-state index contributed by atoms with van der Waals surface area (Å²) in [5.41, 5.74) is 2.55. The first-order valence-electron chi connectivity index (χ1n) is 6.62. The van der Waals surface area contributed by atoms with Gasteiger partial charge in [-0.2, -0.15) is 10.4 Å². The van der Waals surface area contributed by atoms with Gasteiger partial charge in [0.25, 0.3) is 0 Å². The van der Waals surface area contributed by atoms with Gasteiger partial charge in [-0.3, -0.25) is 0 Å². The van der Waals surface area contributed by atoms with Crippen molar-refractivity contribution in [2.45, 2.75) is 0 Å². The topological polar surface area (TPSA) is 50.8 Å². The van der Waals surface area contributed by atoms with Crippen LogP contribution in [0.4, 0.5) is 4.39 Å². The molecule has 22 heavy (non-hydrogen) atoms. The van der Waals surface area contributed by atoms with Crippen LogP contribution in [-0.4, -0.2) is 16.9 Å². The van der Waals surface area contributed by atoms with Crippen LogP contribution in [-0.2, 0) is 0 Å². The fourth-order valence-corrected chi connectivity index (χ4v) is 2.20. The number of methoxy groups -OCH3 is 1. The highest BCUT2D eigenvalue weighted by Crippen LogP contribution is 2.25. The maximum absolute atomic E-state index is 13.1. The molecule has 0 unspecified atom stereocenters. The van der Waals surface area contributed by atoms with Crippen LogP contribution in [0.3, 0.4) is 0 Å². The number of nitrogens with zero attached hydrogens (tertiary/aromatic N) is 3. The molecule has 0 saturated carbocycles. The van der Waals surface area contributed by atoms with Crippen LogP contribution in [0.1, 0.15) is 5.69 Å². The lowest BCUT2D eigenvalue weighted by Gasteiger charge is -2.09. The molecule has 3 aromatic rings. The highest BCUT2D eigenvalue weighted by Gasteiger charge is 2.12. The van der Waals surface area contributed by atoms with E-state index in [9.17, 15) is 4.39 Å². The quantitative estimate of drug-likeness (QED) is 0.742. The summed E-state index contributed by atoms with van der Waals surface area (Å²) >= 11 is 0. The van der Waals surface area contributed by atoms with Gasteiger partial charge in [-0.15, -0.1) is 0 Å². The second-order valence-electron chi connectivity index (χ2n) is 4.65. The van der Waals surface area contributed by atoms with E-state index in [0.29, 0.717) is 17.1 Å². The summed E-state index contributed by atoms with van der Waals surface area (Å²) in [7, 11) is 1.59. The Morgan fingerprint density at radius 2 is 1.91 bits per heavy atom. The molecule has 108 valence electrons. The summed E-state index contributed by atoms with van der Waals surface area (Å²) in [6, 6.07) is 17.1. The molecule has 4 nitrogen and oxygen atoms in total. The Bertz CT molecular complexity index is 847. The van der Waals surface area contributed by atoms with Crippen molar-refractivity contribution in [2.75, 3.05) is 7.11 Å². The van der Waals surface area contributed by atoms with Crippen molar-refractivity contribution < 1.29 is 9.13 Å². The molecule has 0 N–H and O–H groups in total. The van der Waals surface area contributed by atoms with Crippen molar-refractivity contribution in [3.05, 3.63) is 66.1 Å². The maximum Gasteiger partial charge on any atom is 0.163 e. The molecule has 0 aliphatic heterocycles. The minimum absolute atomic E-state index is 0.294. The van der Waals surface area contributed by atoms with Gasteiger partial charge in [0.1, 0.15) is 17.6 Å². The smallest absolute Gasteiger partial charge is 0.163 e. The third kappa shape index (κ3) is 2.54. The van der Waals surface area contributed by atoms with E-state index in [-0.39, 0.29) is 5.82 Å². The monoisotopic (exact) mass is 293 g/mol. The zero-order valence-electron chi connectivity index (χ0n) is 11.8. The summed E-state index contributed by atoms with van der Waals surface area (Å²) in [5.74, 6) is 0.383. The third-order valence-electron chi connectivity index (χ3n) is 3.26. The van der Waals surface area contributed by atoms with E-state index in [0.717, 1.165) is 11.3 Å². The van der Waals surface area contributed by atoms with E-state index >= 15 is 0 Å².